The second-order valence-corrected chi connectivity index (χ2v) is 6.67. The van der Waals surface area contributed by atoms with Crippen LogP contribution in [0.25, 0.3) is 0 Å². The van der Waals surface area contributed by atoms with Crippen LogP contribution in [-0.4, -0.2) is 16.2 Å². The van der Waals surface area contributed by atoms with E-state index in [9.17, 15) is 5.11 Å². The minimum Gasteiger partial charge on any atom is -0.506 e. The maximum Gasteiger partial charge on any atom is 0.138 e. The molecule has 0 aliphatic heterocycles. The summed E-state index contributed by atoms with van der Waals surface area (Å²) in [4.78, 5) is 2.27. The van der Waals surface area contributed by atoms with Gasteiger partial charge in [0, 0.05) is 11.1 Å². The lowest BCUT2D eigenvalue weighted by molar-refractivity contribution is 0.371. The Kier molecular flexibility index (Phi) is 3.47. The zero-order valence-electron chi connectivity index (χ0n) is 12.1. The third-order valence-corrected chi connectivity index (χ3v) is 2.71. The molecule has 0 unspecified atom stereocenters. The molecule has 2 nitrogen and oxygen atoms in total. The average molecular weight is 235 g/mol. The molecule has 0 fully saturated rings. The van der Waals surface area contributed by atoms with E-state index in [1.54, 1.807) is 6.07 Å². The molecule has 0 spiro atoms. The Balaban J connectivity index is 3.38. The first-order valence-corrected chi connectivity index (χ1v) is 6.13. The number of aryl methyl sites for hydroxylation is 1. The van der Waals surface area contributed by atoms with Gasteiger partial charge in [0.05, 0.1) is 5.69 Å². The summed E-state index contributed by atoms with van der Waals surface area (Å²) >= 11 is 0. The highest BCUT2D eigenvalue weighted by Crippen LogP contribution is 2.38. The van der Waals surface area contributed by atoms with Crippen LogP contribution >= 0.6 is 0 Å². The summed E-state index contributed by atoms with van der Waals surface area (Å²) in [7, 11) is 0. The second-order valence-electron chi connectivity index (χ2n) is 6.67. The van der Waals surface area contributed by atoms with Crippen LogP contribution in [0.3, 0.4) is 0 Å². The summed E-state index contributed by atoms with van der Waals surface area (Å²) in [5.41, 5.74) is 1.99. The zero-order valence-corrected chi connectivity index (χ0v) is 12.1. The van der Waals surface area contributed by atoms with E-state index in [1.165, 1.54) is 0 Å². The molecule has 1 aromatic carbocycles. The lowest BCUT2D eigenvalue weighted by Gasteiger charge is -2.47. The van der Waals surface area contributed by atoms with E-state index >= 15 is 0 Å². The maximum atomic E-state index is 10.1. The fourth-order valence-corrected chi connectivity index (χ4v) is 2.54. The van der Waals surface area contributed by atoms with Crippen molar-refractivity contribution in [3.8, 4) is 5.75 Å². The van der Waals surface area contributed by atoms with Gasteiger partial charge in [-0.15, -0.1) is 0 Å². The zero-order chi connectivity index (χ0) is 13.4. The number of anilines is 1. The van der Waals surface area contributed by atoms with Crippen molar-refractivity contribution in [1.29, 1.82) is 0 Å². The Labute approximate surface area is 105 Å². The van der Waals surface area contributed by atoms with Crippen molar-refractivity contribution < 1.29 is 5.11 Å². The Hall–Kier alpha value is -1.18. The maximum absolute atomic E-state index is 10.1. The molecule has 0 bridgehead atoms. The molecule has 0 heterocycles. The van der Waals surface area contributed by atoms with Crippen molar-refractivity contribution >= 4 is 5.69 Å². The highest BCUT2D eigenvalue weighted by molar-refractivity contribution is 5.62. The minimum atomic E-state index is -0.0382. The molecular weight excluding hydrogens is 210 g/mol. The standard InChI is InChI=1S/C15H25NO/c1-11-8-9-13(17)12(10-11)16(14(2,3)4)15(5,6)7/h8-10,17H,1-7H3. The first kappa shape index (κ1) is 13.9. The molecule has 0 amide bonds. The SMILES string of the molecule is Cc1ccc(O)c(N(C(C)(C)C)C(C)(C)C)c1. The number of benzene rings is 1. The minimum absolute atomic E-state index is 0.0382. The van der Waals surface area contributed by atoms with Crippen molar-refractivity contribution in [3.05, 3.63) is 23.8 Å². The molecule has 0 aliphatic rings. The highest BCUT2D eigenvalue weighted by Gasteiger charge is 2.33. The summed E-state index contributed by atoms with van der Waals surface area (Å²) in [6, 6.07) is 5.75. The summed E-state index contributed by atoms with van der Waals surface area (Å²) in [5.74, 6) is 0.348. The van der Waals surface area contributed by atoms with Gasteiger partial charge in [-0.1, -0.05) is 6.07 Å². The molecule has 0 saturated carbocycles. The van der Waals surface area contributed by atoms with Crippen molar-refractivity contribution in [2.75, 3.05) is 4.90 Å². The first-order valence-electron chi connectivity index (χ1n) is 6.13. The van der Waals surface area contributed by atoms with Gasteiger partial charge in [0.25, 0.3) is 0 Å². The molecule has 0 radical (unpaired) electrons. The quantitative estimate of drug-likeness (QED) is 0.792. The van der Waals surface area contributed by atoms with Crippen molar-refractivity contribution in [1.82, 2.24) is 0 Å². The van der Waals surface area contributed by atoms with Crippen LogP contribution in [0.5, 0.6) is 5.75 Å². The van der Waals surface area contributed by atoms with Gasteiger partial charge in [0.2, 0.25) is 0 Å². The van der Waals surface area contributed by atoms with Gasteiger partial charge in [-0.3, -0.25) is 0 Å². The first-order chi connectivity index (χ1) is 7.53. The van der Waals surface area contributed by atoms with E-state index in [0.29, 0.717) is 5.75 Å². The molecule has 0 atom stereocenters. The van der Waals surface area contributed by atoms with E-state index in [2.05, 4.69) is 46.4 Å². The summed E-state index contributed by atoms with van der Waals surface area (Å²) in [5, 5.41) is 10.1. The lowest BCUT2D eigenvalue weighted by atomic mass is 9.94. The van der Waals surface area contributed by atoms with Crippen molar-refractivity contribution in [2.24, 2.45) is 0 Å². The Morgan fingerprint density at radius 1 is 0.941 bits per heavy atom. The van der Waals surface area contributed by atoms with Gasteiger partial charge in [0.1, 0.15) is 5.75 Å². The molecule has 2 heteroatoms. The molecule has 17 heavy (non-hydrogen) atoms. The third kappa shape index (κ3) is 3.15. The second kappa shape index (κ2) is 4.25. The van der Waals surface area contributed by atoms with Crippen LogP contribution in [0.15, 0.2) is 18.2 Å². The van der Waals surface area contributed by atoms with Crippen molar-refractivity contribution in [2.45, 2.75) is 59.5 Å². The van der Waals surface area contributed by atoms with Gasteiger partial charge in [0.15, 0.2) is 0 Å². The lowest BCUT2D eigenvalue weighted by Crippen LogP contribution is -2.53. The van der Waals surface area contributed by atoms with E-state index in [1.807, 2.05) is 19.1 Å². The Bertz CT molecular complexity index is 382. The van der Waals surface area contributed by atoms with Crippen molar-refractivity contribution in [3.63, 3.8) is 0 Å². The number of aromatic hydroxyl groups is 1. The molecular formula is C15H25NO. The predicted molar refractivity (Wildman–Crippen MR) is 74.8 cm³/mol. The molecule has 1 N–H and O–H groups in total. The van der Waals surface area contributed by atoms with E-state index < -0.39 is 0 Å². The monoisotopic (exact) mass is 235 g/mol. The molecule has 0 saturated heterocycles. The van der Waals surface area contributed by atoms with E-state index in [-0.39, 0.29) is 11.1 Å². The summed E-state index contributed by atoms with van der Waals surface area (Å²) < 4.78 is 0. The van der Waals surface area contributed by atoms with Gasteiger partial charge < -0.3 is 10.0 Å². The van der Waals surface area contributed by atoms with E-state index in [4.69, 9.17) is 0 Å². The van der Waals surface area contributed by atoms with Gasteiger partial charge >= 0.3 is 0 Å². The summed E-state index contributed by atoms with van der Waals surface area (Å²) in [6.45, 7) is 15.0. The Morgan fingerprint density at radius 3 is 1.82 bits per heavy atom. The van der Waals surface area contributed by atoms with Crippen LogP contribution < -0.4 is 4.90 Å². The fourth-order valence-electron chi connectivity index (χ4n) is 2.54. The average Bonchev–Trinajstić information content (AvgIpc) is 2.06. The molecule has 96 valence electrons. The normalized spacial score (nSPS) is 12.6. The number of phenols is 1. The molecule has 0 aromatic heterocycles. The van der Waals surface area contributed by atoms with Crippen LogP contribution in [-0.2, 0) is 0 Å². The van der Waals surface area contributed by atoms with Crippen LogP contribution in [0.4, 0.5) is 5.69 Å². The third-order valence-electron chi connectivity index (χ3n) is 2.71. The fraction of sp³-hybridized carbons (Fsp3) is 0.600. The number of phenolic OH excluding ortho intramolecular Hbond substituents is 1. The largest absolute Gasteiger partial charge is 0.506 e. The number of nitrogens with zero attached hydrogens (tertiary/aromatic N) is 1. The molecule has 0 aliphatic carbocycles. The number of hydrogen-bond donors (Lipinski definition) is 1. The Morgan fingerprint density at radius 2 is 1.41 bits per heavy atom. The molecule has 1 aromatic rings. The predicted octanol–water partition coefficient (Wildman–Crippen LogP) is 4.10. The number of hydrogen-bond acceptors (Lipinski definition) is 2. The highest BCUT2D eigenvalue weighted by atomic mass is 16.3. The van der Waals surface area contributed by atoms with Crippen LogP contribution in [0.2, 0.25) is 0 Å². The topological polar surface area (TPSA) is 23.5 Å². The van der Waals surface area contributed by atoms with Crippen LogP contribution in [0.1, 0.15) is 47.1 Å². The van der Waals surface area contributed by atoms with Gasteiger partial charge in [-0.2, -0.15) is 0 Å². The van der Waals surface area contributed by atoms with Gasteiger partial charge in [-0.05, 0) is 66.2 Å². The van der Waals surface area contributed by atoms with Gasteiger partial charge in [-0.25, -0.2) is 0 Å². The summed E-state index contributed by atoms with van der Waals surface area (Å²) in [6.07, 6.45) is 0. The smallest absolute Gasteiger partial charge is 0.138 e. The van der Waals surface area contributed by atoms with Crippen LogP contribution in [0, 0.1) is 6.92 Å². The number of rotatable bonds is 1. The molecule has 1 rings (SSSR count). The van der Waals surface area contributed by atoms with E-state index in [0.717, 1.165) is 11.3 Å².